The highest BCUT2D eigenvalue weighted by Gasteiger charge is 2.37. The lowest BCUT2D eigenvalue weighted by atomic mass is 9.80. The Labute approximate surface area is 99.5 Å². The SMILES string of the molecule is CCN(CC(F)(F)F)CC1(CO)CCOCC1. The lowest BCUT2D eigenvalue weighted by Gasteiger charge is -2.39. The second-order valence-corrected chi connectivity index (χ2v) is 4.69. The Hall–Kier alpha value is -0.330. The highest BCUT2D eigenvalue weighted by atomic mass is 19.4. The molecule has 0 aliphatic carbocycles. The Morgan fingerprint density at radius 1 is 1.29 bits per heavy atom. The van der Waals surface area contributed by atoms with Crippen molar-refractivity contribution in [1.82, 2.24) is 4.90 Å². The van der Waals surface area contributed by atoms with Crippen LogP contribution in [-0.4, -0.2) is 55.6 Å². The number of ether oxygens (including phenoxy) is 1. The van der Waals surface area contributed by atoms with E-state index < -0.39 is 18.1 Å². The van der Waals surface area contributed by atoms with Gasteiger partial charge < -0.3 is 9.84 Å². The van der Waals surface area contributed by atoms with E-state index in [1.54, 1.807) is 6.92 Å². The minimum absolute atomic E-state index is 0.0787. The number of alkyl halides is 3. The molecule has 0 radical (unpaired) electrons. The average molecular weight is 255 g/mol. The molecule has 0 spiro atoms. The highest BCUT2D eigenvalue weighted by Crippen LogP contribution is 2.31. The molecular formula is C11H20F3NO2. The van der Waals surface area contributed by atoms with Crippen LogP contribution in [0.3, 0.4) is 0 Å². The first-order chi connectivity index (χ1) is 7.91. The molecule has 0 saturated carbocycles. The highest BCUT2D eigenvalue weighted by molar-refractivity contribution is 4.85. The van der Waals surface area contributed by atoms with E-state index in [9.17, 15) is 18.3 Å². The molecule has 0 atom stereocenters. The average Bonchev–Trinajstić information content (AvgIpc) is 2.27. The van der Waals surface area contributed by atoms with Gasteiger partial charge in [-0.2, -0.15) is 13.2 Å². The summed E-state index contributed by atoms with van der Waals surface area (Å²) in [6.45, 7) is 2.37. The topological polar surface area (TPSA) is 32.7 Å². The summed E-state index contributed by atoms with van der Waals surface area (Å²) < 4.78 is 42.2. The summed E-state index contributed by atoms with van der Waals surface area (Å²) >= 11 is 0. The van der Waals surface area contributed by atoms with Crippen LogP contribution in [0.15, 0.2) is 0 Å². The van der Waals surface area contributed by atoms with Crippen LogP contribution >= 0.6 is 0 Å². The molecule has 1 saturated heterocycles. The molecule has 102 valence electrons. The van der Waals surface area contributed by atoms with Crippen LogP contribution in [0.25, 0.3) is 0 Å². The zero-order valence-corrected chi connectivity index (χ0v) is 10.1. The number of nitrogens with zero attached hydrogens (tertiary/aromatic N) is 1. The third-order valence-electron chi connectivity index (χ3n) is 3.30. The third kappa shape index (κ3) is 4.81. The molecule has 1 rings (SSSR count). The maximum absolute atomic E-state index is 12.3. The van der Waals surface area contributed by atoms with Gasteiger partial charge in [0.15, 0.2) is 0 Å². The summed E-state index contributed by atoms with van der Waals surface area (Å²) in [5.41, 5.74) is -0.431. The first kappa shape index (κ1) is 14.7. The molecule has 0 unspecified atom stereocenters. The zero-order chi connectivity index (χ0) is 12.9. The Morgan fingerprint density at radius 2 is 1.88 bits per heavy atom. The van der Waals surface area contributed by atoms with Crippen molar-refractivity contribution in [2.24, 2.45) is 5.41 Å². The van der Waals surface area contributed by atoms with Crippen LogP contribution in [0.2, 0.25) is 0 Å². The predicted molar refractivity (Wildman–Crippen MR) is 57.7 cm³/mol. The van der Waals surface area contributed by atoms with Crippen molar-refractivity contribution in [3.63, 3.8) is 0 Å². The third-order valence-corrected chi connectivity index (χ3v) is 3.30. The summed E-state index contributed by atoms with van der Waals surface area (Å²) in [5.74, 6) is 0. The van der Waals surface area contributed by atoms with Gasteiger partial charge in [-0.15, -0.1) is 0 Å². The van der Waals surface area contributed by atoms with E-state index in [-0.39, 0.29) is 13.2 Å². The predicted octanol–water partition coefficient (Wildman–Crippen LogP) is 1.66. The number of aliphatic hydroxyl groups is 1. The van der Waals surface area contributed by atoms with Gasteiger partial charge in [0.1, 0.15) is 0 Å². The maximum Gasteiger partial charge on any atom is 0.401 e. The molecule has 1 N–H and O–H groups in total. The standard InChI is InChI=1S/C11H20F3NO2/c1-2-15(8-11(12,13)14)7-10(9-16)3-5-17-6-4-10/h16H,2-9H2,1H3. The quantitative estimate of drug-likeness (QED) is 0.811. The normalized spacial score (nSPS) is 20.8. The monoisotopic (exact) mass is 255 g/mol. The molecule has 1 fully saturated rings. The van der Waals surface area contributed by atoms with Gasteiger partial charge in [-0.1, -0.05) is 6.92 Å². The van der Waals surface area contributed by atoms with Crippen molar-refractivity contribution >= 4 is 0 Å². The van der Waals surface area contributed by atoms with Crippen molar-refractivity contribution in [3.8, 4) is 0 Å². The summed E-state index contributed by atoms with van der Waals surface area (Å²) in [7, 11) is 0. The molecule has 1 aliphatic rings. The van der Waals surface area contributed by atoms with Crippen LogP contribution in [0.5, 0.6) is 0 Å². The Bertz CT molecular complexity index is 227. The number of aliphatic hydroxyl groups excluding tert-OH is 1. The molecule has 3 nitrogen and oxygen atoms in total. The van der Waals surface area contributed by atoms with Crippen LogP contribution in [0.1, 0.15) is 19.8 Å². The first-order valence-electron chi connectivity index (χ1n) is 5.88. The fourth-order valence-electron chi connectivity index (χ4n) is 2.18. The van der Waals surface area contributed by atoms with Gasteiger partial charge in [0.2, 0.25) is 0 Å². The molecule has 0 bridgehead atoms. The molecule has 17 heavy (non-hydrogen) atoms. The Kier molecular flexibility index (Phi) is 5.22. The molecular weight excluding hydrogens is 235 g/mol. The van der Waals surface area contributed by atoms with Gasteiger partial charge >= 0.3 is 6.18 Å². The van der Waals surface area contributed by atoms with Crippen molar-refractivity contribution in [2.45, 2.75) is 25.9 Å². The fourth-order valence-corrected chi connectivity index (χ4v) is 2.18. The van der Waals surface area contributed by atoms with Gasteiger partial charge in [0.25, 0.3) is 0 Å². The van der Waals surface area contributed by atoms with E-state index in [1.165, 1.54) is 4.90 Å². The minimum Gasteiger partial charge on any atom is -0.396 e. The van der Waals surface area contributed by atoms with E-state index in [4.69, 9.17) is 4.74 Å². The molecule has 0 aromatic carbocycles. The summed E-state index contributed by atoms with van der Waals surface area (Å²) in [5, 5.41) is 9.42. The largest absolute Gasteiger partial charge is 0.401 e. The van der Waals surface area contributed by atoms with Crippen LogP contribution in [0.4, 0.5) is 13.2 Å². The van der Waals surface area contributed by atoms with E-state index in [2.05, 4.69) is 0 Å². The lowest BCUT2D eigenvalue weighted by Crippen LogP contribution is -2.46. The molecule has 1 heterocycles. The second kappa shape index (κ2) is 6.02. The van der Waals surface area contributed by atoms with Crippen molar-refractivity contribution in [2.75, 3.05) is 39.5 Å². The van der Waals surface area contributed by atoms with Crippen LogP contribution in [-0.2, 0) is 4.74 Å². The summed E-state index contributed by atoms with van der Waals surface area (Å²) in [6, 6.07) is 0. The van der Waals surface area contributed by atoms with Crippen LogP contribution in [0, 0.1) is 5.41 Å². The second-order valence-electron chi connectivity index (χ2n) is 4.69. The molecule has 0 aromatic heterocycles. The van der Waals surface area contributed by atoms with Gasteiger partial charge in [-0.3, -0.25) is 4.90 Å². The van der Waals surface area contributed by atoms with Crippen LogP contribution < -0.4 is 0 Å². The smallest absolute Gasteiger partial charge is 0.396 e. The van der Waals surface area contributed by atoms with Gasteiger partial charge in [0.05, 0.1) is 13.2 Å². The molecule has 0 amide bonds. The number of hydrogen-bond donors (Lipinski definition) is 1. The Balaban J connectivity index is 2.58. The molecule has 1 aliphatic heterocycles. The van der Waals surface area contributed by atoms with E-state index >= 15 is 0 Å². The van der Waals surface area contributed by atoms with E-state index in [1.807, 2.05) is 0 Å². The number of rotatable bonds is 5. The van der Waals surface area contributed by atoms with Gasteiger partial charge in [-0.05, 0) is 19.4 Å². The minimum atomic E-state index is -4.18. The van der Waals surface area contributed by atoms with Crippen molar-refractivity contribution in [1.29, 1.82) is 0 Å². The number of hydrogen-bond acceptors (Lipinski definition) is 3. The van der Waals surface area contributed by atoms with Gasteiger partial charge in [0, 0.05) is 25.2 Å². The molecule has 6 heteroatoms. The van der Waals surface area contributed by atoms with E-state index in [0.717, 1.165) is 0 Å². The Morgan fingerprint density at radius 3 is 2.29 bits per heavy atom. The maximum atomic E-state index is 12.3. The van der Waals surface area contributed by atoms with Crippen molar-refractivity contribution < 1.29 is 23.0 Å². The summed E-state index contributed by atoms with van der Waals surface area (Å²) in [4.78, 5) is 1.35. The molecule has 0 aromatic rings. The zero-order valence-electron chi connectivity index (χ0n) is 10.1. The fraction of sp³-hybridized carbons (Fsp3) is 1.00. The summed E-state index contributed by atoms with van der Waals surface area (Å²) in [6.07, 6.45) is -2.94. The van der Waals surface area contributed by atoms with Gasteiger partial charge in [-0.25, -0.2) is 0 Å². The lowest BCUT2D eigenvalue weighted by molar-refractivity contribution is -0.152. The first-order valence-corrected chi connectivity index (χ1v) is 5.88. The van der Waals surface area contributed by atoms with Crippen molar-refractivity contribution in [3.05, 3.63) is 0 Å². The van der Waals surface area contributed by atoms with E-state index in [0.29, 0.717) is 32.6 Å². The number of halogens is 3.